The summed E-state index contributed by atoms with van der Waals surface area (Å²) in [5, 5.41) is 2.48. The van der Waals surface area contributed by atoms with Gasteiger partial charge in [-0.1, -0.05) is 11.6 Å². The van der Waals surface area contributed by atoms with Gasteiger partial charge in [-0.25, -0.2) is 13.2 Å². The Morgan fingerprint density at radius 1 is 1.09 bits per heavy atom. The van der Waals surface area contributed by atoms with Crippen molar-refractivity contribution >= 4 is 45.1 Å². The van der Waals surface area contributed by atoms with E-state index in [4.69, 9.17) is 26.8 Å². The molecule has 170 valence electrons. The van der Waals surface area contributed by atoms with Crippen LogP contribution in [0.15, 0.2) is 47.4 Å². The van der Waals surface area contributed by atoms with Crippen molar-refractivity contribution in [3.05, 3.63) is 58.6 Å². The molecule has 12 heteroatoms. The van der Waals surface area contributed by atoms with Crippen LogP contribution in [0, 0.1) is 0 Å². The molecule has 0 unspecified atom stereocenters. The number of rotatable bonds is 7. The lowest BCUT2D eigenvalue weighted by molar-refractivity contribution is -0.119. The van der Waals surface area contributed by atoms with E-state index < -0.39 is 34.4 Å². The van der Waals surface area contributed by atoms with Crippen LogP contribution in [0.25, 0.3) is 0 Å². The highest BCUT2D eigenvalue weighted by atomic mass is 35.5. The molecule has 0 aliphatic carbocycles. The summed E-state index contributed by atoms with van der Waals surface area (Å²) in [6.45, 7) is 0.327. The molecule has 3 N–H and O–H groups in total. The minimum atomic E-state index is -3.84. The Bertz CT molecular complexity index is 1130. The van der Waals surface area contributed by atoms with Crippen LogP contribution in [-0.2, 0) is 24.3 Å². The van der Waals surface area contributed by atoms with Gasteiger partial charge in [0.25, 0.3) is 5.91 Å². The van der Waals surface area contributed by atoms with Gasteiger partial charge in [-0.05, 0) is 42.5 Å². The highest BCUT2D eigenvalue weighted by Crippen LogP contribution is 2.24. The molecule has 2 amide bonds. The maximum atomic E-state index is 12.8. The molecule has 0 atom stereocenters. The predicted molar refractivity (Wildman–Crippen MR) is 115 cm³/mol. The number of nitrogens with zero attached hydrogens (tertiary/aromatic N) is 1. The molecule has 3 rings (SSSR count). The number of nitrogens with one attached hydrogen (secondary N) is 1. The van der Waals surface area contributed by atoms with Gasteiger partial charge in [0.2, 0.25) is 15.9 Å². The summed E-state index contributed by atoms with van der Waals surface area (Å²) in [4.78, 5) is 35.4. The second kappa shape index (κ2) is 10.1. The molecule has 1 heterocycles. The van der Waals surface area contributed by atoms with Gasteiger partial charge in [-0.2, -0.15) is 4.31 Å². The van der Waals surface area contributed by atoms with Crippen LogP contribution in [0.1, 0.15) is 20.7 Å². The zero-order chi connectivity index (χ0) is 23.3. The molecule has 0 saturated carbocycles. The van der Waals surface area contributed by atoms with Gasteiger partial charge in [0.1, 0.15) is 0 Å². The lowest BCUT2D eigenvalue weighted by Gasteiger charge is -2.26. The summed E-state index contributed by atoms with van der Waals surface area (Å²) >= 11 is 6.04. The second-order valence-corrected chi connectivity index (χ2v) is 9.07. The average Bonchev–Trinajstić information content (AvgIpc) is 2.78. The van der Waals surface area contributed by atoms with Crippen LogP contribution in [0.5, 0.6) is 0 Å². The maximum absolute atomic E-state index is 12.8. The van der Waals surface area contributed by atoms with E-state index in [0.717, 1.165) is 6.07 Å². The Balaban J connectivity index is 1.65. The van der Waals surface area contributed by atoms with E-state index in [1.807, 2.05) is 0 Å². The van der Waals surface area contributed by atoms with Crippen LogP contribution in [0.2, 0.25) is 5.02 Å². The Morgan fingerprint density at radius 3 is 2.38 bits per heavy atom. The number of benzene rings is 2. The minimum absolute atomic E-state index is 0.0154. The fourth-order valence-electron chi connectivity index (χ4n) is 2.88. The fourth-order valence-corrected chi connectivity index (χ4v) is 4.51. The van der Waals surface area contributed by atoms with E-state index in [2.05, 4.69) is 5.32 Å². The molecule has 1 aliphatic heterocycles. The van der Waals surface area contributed by atoms with Crippen molar-refractivity contribution in [3.8, 4) is 0 Å². The first kappa shape index (κ1) is 23.7. The number of anilines is 1. The first-order chi connectivity index (χ1) is 15.2. The molecule has 1 fully saturated rings. The number of carbonyl (C=O) groups excluding carboxylic acids is 3. The Morgan fingerprint density at radius 2 is 1.75 bits per heavy atom. The van der Waals surface area contributed by atoms with Crippen molar-refractivity contribution in [2.75, 3.05) is 38.2 Å². The number of carbonyl (C=O) groups is 3. The number of ether oxygens (including phenoxy) is 2. The summed E-state index contributed by atoms with van der Waals surface area (Å²) in [6.07, 6.45) is 0. The molecule has 0 radical (unpaired) electrons. The Labute approximate surface area is 189 Å². The van der Waals surface area contributed by atoms with Crippen LogP contribution < -0.4 is 11.1 Å². The maximum Gasteiger partial charge on any atom is 0.340 e. The Kier molecular flexibility index (Phi) is 7.46. The third-order valence-corrected chi connectivity index (χ3v) is 6.78. The number of morpholine rings is 1. The summed E-state index contributed by atoms with van der Waals surface area (Å²) in [5.74, 6) is -2.20. The minimum Gasteiger partial charge on any atom is -0.452 e. The van der Waals surface area contributed by atoms with Gasteiger partial charge in [-0.3, -0.25) is 9.59 Å². The fraction of sp³-hybridized carbons (Fsp3) is 0.250. The van der Waals surface area contributed by atoms with Gasteiger partial charge >= 0.3 is 5.97 Å². The van der Waals surface area contributed by atoms with Crippen molar-refractivity contribution in [1.29, 1.82) is 0 Å². The normalized spacial score (nSPS) is 14.5. The number of primary amides is 1. The van der Waals surface area contributed by atoms with Crippen molar-refractivity contribution in [2.24, 2.45) is 5.73 Å². The SMILES string of the molecule is NC(=O)c1ccc(NC(=O)COC(=O)c2cc(S(=O)(=O)N3CCOCC3)ccc2Cl)cc1. The second-order valence-electron chi connectivity index (χ2n) is 6.72. The molecule has 0 spiro atoms. The van der Waals surface area contributed by atoms with Gasteiger partial charge < -0.3 is 20.5 Å². The lowest BCUT2D eigenvalue weighted by Crippen LogP contribution is -2.40. The molecule has 2 aromatic carbocycles. The largest absolute Gasteiger partial charge is 0.452 e. The van der Waals surface area contributed by atoms with Crippen molar-refractivity contribution in [3.63, 3.8) is 0 Å². The third kappa shape index (κ3) is 5.62. The first-order valence-electron chi connectivity index (χ1n) is 9.43. The zero-order valence-electron chi connectivity index (χ0n) is 16.7. The number of hydrogen-bond acceptors (Lipinski definition) is 7. The third-order valence-electron chi connectivity index (χ3n) is 4.55. The van der Waals surface area contributed by atoms with E-state index >= 15 is 0 Å². The number of esters is 1. The average molecular weight is 482 g/mol. The molecule has 2 aromatic rings. The number of sulfonamides is 1. The molecule has 32 heavy (non-hydrogen) atoms. The number of hydrogen-bond donors (Lipinski definition) is 2. The number of nitrogens with two attached hydrogens (primary N) is 1. The van der Waals surface area contributed by atoms with E-state index in [0.29, 0.717) is 5.69 Å². The predicted octanol–water partition coefficient (Wildman–Crippen LogP) is 1.26. The van der Waals surface area contributed by atoms with Gasteiger partial charge in [-0.15, -0.1) is 0 Å². The lowest BCUT2D eigenvalue weighted by atomic mass is 10.2. The quantitative estimate of drug-likeness (QED) is 0.566. The molecule has 1 saturated heterocycles. The summed E-state index contributed by atoms with van der Waals surface area (Å²) < 4.78 is 37.0. The molecule has 0 aromatic heterocycles. The van der Waals surface area contributed by atoms with E-state index in [9.17, 15) is 22.8 Å². The smallest absolute Gasteiger partial charge is 0.340 e. The van der Waals surface area contributed by atoms with E-state index in [-0.39, 0.29) is 47.3 Å². The molecule has 1 aliphatic rings. The van der Waals surface area contributed by atoms with Crippen molar-refractivity contribution < 1.29 is 32.3 Å². The van der Waals surface area contributed by atoms with E-state index in [1.54, 1.807) is 0 Å². The highest BCUT2D eigenvalue weighted by molar-refractivity contribution is 7.89. The monoisotopic (exact) mass is 481 g/mol. The number of halogens is 1. The molecular weight excluding hydrogens is 462 g/mol. The standard InChI is InChI=1S/C20H20ClN3O7S/c21-17-6-5-15(32(28,29)24-7-9-30-10-8-24)11-16(17)20(27)31-12-18(25)23-14-3-1-13(2-4-14)19(22)26/h1-6,11H,7-10,12H2,(H2,22,26)(H,23,25). The highest BCUT2D eigenvalue weighted by Gasteiger charge is 2.28. The van der Waals surface area contributed by atoms with Crippen molar-refractivity contribution in [1.82, 2.24) is 4.31 Å². The summed E-state index contributed by atoms with van der Waals surface area (Å²) in [6, 6.07) is 9.51. The van der Waals surface area contributed by atoms with Crippen molar-refractivity contribution in [2.45, 2.75) is 4.90 Å². The molecule has 10 nitrogen and oxygen atoms in total. The van der Waals surface area contributed by atoms with Crippen LogP contribution >= 0.6 is 11.6 Å². The van der Waals surface area contributed by atoms with Gasteiger partial charge in [0, 0.05) is 24.3 Å². The van der Waals surface area contributed by atoms with Gasteiger partial charge in [0.15, 0.2) is 6.61 Å². The van der Waals surface area contributed by atoms with Crippen LogP contribution in [0.3, 0.4) is 0 Å². The van der Waals surface area contributed by atoms with Gasteiger partial charge in [0.05, 0.1) is 28.7 Å². The Hall–Kier alpha value is -2.99. The zero-order valence-corrected chi connectivity index (χ0v) is 18.3. The summed E-state index contributed by atoms with van der Waals surface area (Å²) in [5.41, 5.74) is 5.61. The number of amides is 2. The molecular formula is C20H20ClN3O7S. The molecule has 0 bridgehead atoms. The van der Waals surface area contributed by atoms with Crippen LogP contribution in [0.4, 0.5) is 5.69 Å². The van der Waals surface area contributed by atoms with Crippen LogP contribution in [-0.4, -0.2) is 63.4 Å². The summed E-state index contributed by atoms with van der Waals surface area (Å²) in [7, 11) is -3.84. The van der Waals surface area contributed by atoms with E-state index in [1.165, 1.54) is 40.7 Å². The topological polar surface area (TPSA) is 145 Å². The first-order valence-corrected chi connectivity index (χ1v) is 11.2.